The van der Waals surface area contributed by atoms with E-state index >= 15 is 0 Å². The van der Waals surface area contributed by atoms with E-state index in [1.807, 2.05) is 0 Å². The highest BCUT2D eigenvalue weighted by Crippen LogP contribution is 2.15. The van der Waals surface area contributed by atoms with Crippen LogP contribution in [-0.2, 0) is 16.0 Å². The summed E-state index contributed by atoms with van der Waals surface area (Å²) in [5.74, 6) is -2.27. The average molecular weight is 229 g/mol. The summed E-state index contributed by atoms with van der Waals surface area (Å²) >= 11 is 0. The van der Waals surface area contributed by atoms with Crippen LogP contribution in [0.15, 0.2) is 18.2 Å². The Bertz CT molecular complexity index is 382. The van der Waals surface area contributed by atoms with Gasteiger partial charge in [-0.25, -0.2) is 8.78 Å². The van der Waals surface area contributed by atoms with Gasteiger partial charge >= 0.3 is 5.97 Å². The molecule has 0 aliphatic carbocycles. The Balaban J connectivity index is 2.85. The molecule has 0 amide bonds. The molecule has 0 radical (unpaired) electrons. The molecular weight excluding hydrogens is 216 g/mol. The SMILES string of the molecule is COC(=O)C(CN)Cc1cc(F)ccc1F. The first-order valence-electron chi connectivity index (χ1n) is 4.80. The molecule has 2 N–H and O–H groups in total. The fourth-order valence-electron chi connectivity index (χ4n) is 1.39. The second kappa shape index (κ2) is 5.55. The van der Waals surface area contributed by atoms with Crippen molar-refractivity contribution in [3.8, 4) is 0 Å². The fourth-order valence-corrected chi connectivity index (χ4v) is 1.39. The molecular formula is C11H13F2NO2. The summed E-state index contributed by atoms with van der Waals surface area (Å²) in [5.41, 5.74) is 5.49. The third-order valence-electron chi connectivity index (χ3n) is 2.29. The molecule has 3 nitrogen and oxygen atoms in total. The lowest BCUT2D eigenvalue weighted by Gasteiger charge is -2.12. The molecule has 0 saturated carbocycles. The zero-order chi connectivity index (χ0) is 12.1. The van der Waals surface area contributed by atoms with Gasteiger partial charge in [0.15, 0.2) is 0 Å². The van der Waals surface area contributed by atoms with E-state index in [2.05, 4.69) is 4.74 Å². The van der Waals surface area contributed by atoms with Gasteiger partial charge in [-0.05, 0) is 30.2 Å². The van der Waals surface area contributed by atoms with Crippen molar-refractivity contribution in [2.75, 3.05) is 13.7 Å². The maximum Gasteiger partial charge on any atom is 0.310 e. The minimum Gasteiger partial charge on any atom is -0.469 e. The van der Waals surface area contributed by atoms with Gasteiger partial charge in [0.1, 0.15) is 11.6 Å². The summed E-state index contributed by atoms with van der Waals surface area (Å²) in [4.78, 5) is 11.2. The van der Waals surface area contributed by atoms with E-state index in [4.69, 9.17) is 5.73 Å². The topological polar surface area (TPSA) is 52.3 Å². The lowest BCUT2D eigenvalue weighted by Crippen LogP contribution is -2.27. The molecule has 0 bridgehead atoms. The van der Waals surface area contributed by atoms with Crippen molar-refractivity contribution in [1.29, 1.82) is 0 Å². The van der Waals surface area contributed by atoms with Gasteiger partial charge in [0.25, 0.3) is 0 Å². The molecule has 0 saturated heterocycles. The lowest BCUT2D eigenvalue weighted by molar-refractivity contribution is -0.145. The first-order chi connectivity index (χ1) is 7.58. The Hall–Kier alpha value is -1.49. The smallest absolute Gasteiger partial charge is 0.310 e. The second-order valence-corrected chi connectivity index (χ2v) is 3.40. The number of hydrogen-bond acceptors (Lipinski definition) is 3. The molecule has 0 aromatic heterocycles. The van der Waals surface area contributed by atoms with Crippen LogP contribution in [0.3, 0.4) is 0 Å². The molecule has 0 aliphatic rings. The van der Waals surface area contributed by atoms with E-state index in [0.717, 1.165) is 18.2 Å². The Morgan fingerprint density at radius 1 is 1.50 bits per heavy atom. The summed E-state index contributed by atoms with van der Waals surface area (Å²) < 4.78 is 30.7. The zero-order valence-electron chi connectivity index (χ0n) is 8.87. The van der Waals surface area contributed by atoms with Crippen LogP contribution >= 0.6 is 0 Å². The zero-order valence-corrected chi connectivity index (χ0v) is 8.87. The molecule has 0 aliphatic heterocycles. The Kier molecular flexibility index (Phi) is 4.37. The summed E-state index contributed by atoms with van der Waals surface area (Å²) in [6.07, 6.45) is 0.0345. The maximum absolute atomic E-state index is 13.3. The Morgan fingerprint density at radius 3 is 2.75 bits per heavy atom. The number of benzene rings is 1. The third-order valence-corrected chi connectivity index (χ3v) is 2.29. The molecule has 1 atom stereocenters. The van der Waals surface area contributed by atoms with Crippen LogP contribution in [0.5, 0.6) is 0 Å². The standard InChI is InChI=1S/C11H13F2NO2/c1-16-11(15)8(6-14)4-7-5-9(12)2-3-10(7)13/h2-3,5,8H,4,6,14H2,1H3. The van der Waals surface area contributed by atoms with Crippen molar-refractivity contribution in [2.24, 2.45) is 11.7 Å². The molecule has 1 unspecified atom stereocenters. The summed E-state index contributed by atoms with van der Waals surface area (Å²) in [5, 5.41) is 0. The van der Waals surface area contributed by atoms with Gasteiger partial charge in [-0.15, -0.1) is 0 Å². The quantitative estimate of drug-likeness (QED) is 0.791. The van der Waals surface area contributed by atoms with Gasteiger partial charge in [0, 0.05) is 6.54 Å². The largest absolute Gasteiger partial charge is 0.469 e. The maximum atomic E-state index is 13.3. The van der Waals surface area contributed by atoms with Crippen LogP contribution in [0.2, 0.25) is 0 Å². The molecule has 0 heterocycles. The highest BCUT2D eigenvalue weighted by Gasteiger charge is 2.19. The van der Waals surface area contributed by atoms with Crippen LogP contribution in [0.1, 0.15) is 5.56 Å². The first-order valence-corrected chi connectivity index (χ1v) is 4.80. The molecule has 1 aromatic carbocycles. The van der Waals surface area contributed by atoms with E-state index < -0.39 is 23.5 Å². The van der Waals surface area contributed by atoms with Crippen LogP contribution in [0, 0.1) is 17.6 Å². The molecule has 5 heteroatoms. The second-order valence-electron chi connectivity index (χ2n) is 3.40. The van der Waals surface area contributed by atoms with E-state index in [-0.39, 0.29) is 18.5 Å². The number of methoxy groups -OCH3 is 1. The Labute approximate surface area is 92.2 Å². The van der Waals surface area contributed by atoms with Crippen molar-refractivity contribution < 1.29 is 18.3 Å². The minimum absolute atomic E-state index is 0.0304. The summed E-state index contributed by atoms with van der Waals surface area (Å²) in [6, 6.07) is 3.10. The van der Waals surface area contributed by atoms with Crippen LogP contribution in [-0.4, -0.2) is 19.6 Å². The van der Waals surface area contributed by atoms with E-state index in [0.29, 0.717) is 0 Å². The number of rotatable bonds is 4. The predicted octanol–water partition coefficient (Wildman–Crippen LogP) is 1.26. The predicted molar refractivity (Wildman–Crippen MR) is 54.6 cm³/mol. The molecule has 88 valence electrons. The lowest BCUT2D eigenvalue weighted by atomic mass is 9.99. The number of carbonyl (C=O) groups is 1. The number of hydrogen-bond donors (Lipinski definition) is 1. The fraction of sp³-hybridized carbons (Fsp3) is 0.364. The van der Waals surface area contributed by atoms with Gasteiger partial charge in [0.05, 0.1) is 13.0 Å². The molecule has 1 aromatic rings. The Morgan fingerprint density at radius 2 is 2.19 bits per heavy atom. The van der Waals surface area contributed by atoms with Crippen molar-refractivity contribution in [2.45, 2.75) is 6.42 Å². The van der Waals surface area contributed by atoms with Crippen molar-refractivity contribution in [1.82, 2.24) is 0 Å². The molecule has 16 heavy (non-hydrogen) atoms. The van der Waals surface area contributed by atoms with Crippen LogP contribution in [0.4, 0.5) is 8.78 Å². The van der Waals surface area contributed by atoms with Gasteiger partial charge in [-0.2, -0.15) is 0 Å². The number of nitrogens with two attached hydrogens (primary N) is 1. The van der Waals surface area contributed by atoms with Gasteiger partial charge in [-0.3, -0.25) is 4.79 Å². The van der Waals surface area contributed by atoms with E-state index in [1.54, 1.807) is 0 Å². The van der Waals surface area contributed by atoms with Crippen molar-refractivity contribution in [3.63, 3.8) is 0 Å². The molecule has 0 fully saturated rings. The number of carbonyl (C=O) groups excluding carboxylic acids is 1. The van der Waals surface area contributed by atoms with Crippen LogP contribution < -0.4 is 5.73 Å². The van der Waals surface area contributed by atoms with Gasteiger partial charge in [0.2, 0.25) is 0 Å². The van der Waals surface area contributed by atoms with Gasteiger partial charge < -0.3 is 10.5 Å². The molecule has 0 spiro atoms. The number of ether oxygens (including phenoxy) is 1. The van der Waals surface area contributed by atoms with E-state index in [9.17, 15) is 13.6 Å². The first kappa shape index (κ1) is 12.6. The normalized spacial score (nSPS) is 12.2. The summed E-state index contributed by atoms with van der Waals surface area (Å²) in [6.45, 7) is 0.0304. The van der Waals surface area contributed by atoms with Crippen molar-refractivity contribution in [3.05, 3.63) is 35.4 Å². The summed E-state index contributed by atoms with van der Waals surface area (Å²) in [7, 11) is 1.23. The monoisotopic (exact) mass is 229 g/mol. The number of halogens is 2. The van der Waals surface area contributed by atoms with E-state index in [1.165, 1.54) is 7.11 Å². The highest BCUT2D eigenvalue weighted by molar-refractivity contribution is 5.72. The molecule has 1 rings (SSSR count). The highest BCUT2D eigenvalue weighted by atomic mass is 19.1. The number of esters is 1. The van der Waals surface area contributed by atoms with Gasteiger partial charge in [-0.1, -0.05) is 0 Å². The average Bonchev–Trinajstić information content (AvgIpc) is 2.29. The van der Waals surface area contributed by atoms with Crippen molar-refractivity contribution >= 4 is 5.97 Å². The third kappa shape index (κ3) is 3.00. The van der Waals surface area contributed by atoms with Crippen LogP contribution in [0.25, 0.3) is 0 Å². The minimum atomic E-state index is -0.652.